The second-order valence-corrected chi connectivity index (χ2v) is 9.51. The lowest BCUT2D eigenvalue weighted by molar-refractivity contribution is 0.116. The van der Waals surface area contributed by atoms with E-state index in [2.05, 4.69) is 25.3 Å². The van der Waals surface area contributed by atoms with E-state index in [0.29, 0.717) is 18.8 Å². The number of para-hydroxylation sites is 1. The Labute approximate surface area is 234 Å². The summed E-state index contributed by atoms with van der Waals surface area (Å²) in [6, 6.07) is 19.0. The van der Waals surface area contributed by atoms with Gasteiger partial charge in [-0.2, -0.15) is 8.78 Å². The molecule has 0 saturated carbocycles. The van der Waals surface area contributed by atoms with Gasteiger partial charge in [-0.3, -0.25) is 9.80 Å². The second-order valence-electron chi connectivity index (χ2n) is 9.51. The third kappa shape index (κ3) is 7.01. The Bertz CT molecular complexity index is 1440. The molecule has 0 spiro atoms. The molecule has 0 unspecified atom stereocenters. The number of nitrogens with one attached hydrogen (secondary N) is 1. The van der Waals surface area contributed by atoms with E-state index in [9.17, 15) is 18.0 Å². The molecule has 1 aliphatic rings. The summed E-state index contributed by atoms with van der Waals surface area (Å²) in [5.74, 6) is -1.97. The molecule has 0 atom stereocenters. The van der Waals surface area contributed by atoms with Gasteiger partial charge in [0, 0.05) is 61.8 Å². The van der Waals surface area contributed by atoms with Crippen LogP contribution in [0.5, 0.6) is 0 Å². The average Bonchev–Trinajstić information content (AvgIpc) is 3.49. The summed E-state index contributed by atoms with van der Waals surface area (Å²) in [5.41, 5.74) is 1.94. The highest BCUT2D eigenvalue weighted by Crippen LogP contribution is 2.26. The van der Waals surface area contributed by atoms with Gasteiger partial charge in [-0.25, -0.2) is 13.6 Å². The lowest BCUT2D eigenvalue weighted by atomic mass is 10.1. The molecule has 0 bridgehead atoms. The number of benzene rings is 3. The Morgan fingerprint density at radius 2 is 1.68 bits per heavy atom. The Hall–Kier alpha value is -4.45. The minimum absolute atomic E-state index is 0.0651. The van der Waals surface area contributed by atoms with Gasteiger partial charge in [-0.05, 0) is 48.5 Å². The quantitative estimate of drug-likeness (QED) is 0.269. The van der Waals surface area contributed by atoms with Crippen LogP contribution in [-0.2, 0) is 6.54 Å². The van der Waals surface area contributed by atoms with Crippen LogP contribution in [0.3, 0.4) is 0 Å². The van der Waals surface area contributed by atoms with Crippen molar-refractivity contribution in [3.8, 4) is 11.5 Å². The van der Waals surface area contributed by atoms with Crippen LogP contribution in [0, 0.1) is 11.6 Å². The Kier molecular flexibility index (Phi) is 8.78. The van der Waals surface area contributed by atoms with Crippen molar-refractivity contribution in [2.45, 2.75) is 13.0 Å². The first-order valence-electron chi connectivity index (χ1n) is 13.1. The number of alkyl halides is 2. The van der Waals surface area contributed by atoms with Crippen molar-refractivity contribution in [2.75, 3.05) is 49.1 Å². The van der Waals surface area contributed by atoms with Crippen LogP contribution < -0.4 is 15.1 Å². The van der Waals surface area contributed by atoms with E-state index in [0.717, 1.165) is 37.9 Å². The van der Waals surface area contributed by atoms with E-state index < -0.39 is 18.1 Å². The van der Waals surface area contributed by atoms with Gasteiger partial charge in [-0.1, -0.05) is 24.3 Å². The molecule has 1 aliphatic heterocycles. The molecular weight excluding hydrogens is 540 g/mol. The molecule has 214 valence electrons. The van der Waals surface area contributed by atoms with Crippen LogP contribution in [0.25, 0.3) is 11.5 Å². The summed E-state index contributed by atoms with van der Waals surface area (Å²) in [6.07, 6.45) is -2.93. The molecule has 3 aromatic carbocycles. The second kappa shape index (κ2) is 12.8. The summed E-state index contributed by atoms with van der Waals surface area (Å²) in [7, 11) is 0. The van der Waals surface area contributed by atoms with Crippen LogP contribution in [0.15, 0.2) is 77.2 Å². The maximum Gasteiger partial charge on any atom is 0.322 e. The van der Waals surface area contributed by atoms with Crippen LogP contribution in [0.2, 0.25) is 0 Å². The van der Waals surface area contributed by atoms with Crippen molar-refractivity contribution < 1.29 is 26.8 Å². The minimum Gasteiger partial charge on any atom is -0.415 e. The third-order valence-corrected chi connectivity index (χ3v) is 6.84. The van der Waals surface area contributed by atoms with Crippen molar-refractivity contribution >= 4 is 17.4 Å². The molecule has 1 saturated heterocycles. The average molecular weight is 569 g/mol. The van der Waals surface area contributed by atoms with Crippen molar-refractivity contribution in [2.24, 2.45) is 0 Å². The highest BCUT2D eigenvalue weighted by Gasteiger charge is 2.22. The van der Waals surface area contributed by atoms with Crippen LogP contribution >= 0.6 is 0 Å². The molecule has 4 aromatic rings. The predicted octanol–water partition coefficient (Wildman–Crippen LogP) is 5.49. The van der Waals surface area contributed by atoms with Gasteiger partial charge in [0.2, 0.25) is 5.89 Å². The number of carbonyl (C=O) groups is 1. The molecule has 1 aromatic heterocycles. The fraction of sp³-hybridized carbons (Fsp3) is 0.276. The van der Waals surface area contributed by atoms with Crippen molar-refractivity contribution in [1.82, 2.24) is 20.4 Å². The molecule has 1 fully saturated rings. The van der Waals surface area contributed by atoms with Crippen LogP contribution in [0.1, 0.15) is 17.9 Å². The number of halogens is 4. The Morgan fingerprint density at radius 1 is 0.951 bits per heavy atom. The number of rotatable bonds is 9. The van der Waals surface area contributed by atoms with Crippen molar-refractivity contribution in [3.05, 3.63) is 95.9 Å². The lowest BCUT2D eigenvalue weighted by Crippen LogP contribution is -2.49. The summed E-state index contributed by atoms with van der Waals surface area (Å²) >= 11 is 0. The zero-order valence-electron chi connectivity index (χ0n) is 22.0. The number of carbonyl (C=O) groups excluding carboxylic acids is 1. The molecule has 1 N–H and O–H groups in total. The number of nitrogens with zero attached hydrogens (tertiary/aromatic N) is 5. The van der Waals surface area contributed by atoms with Gasteiger partial charge in [0.05, 0.1) is 6.54 Å². The first kappa shape index (κ1) is 28.1. The minimum atomic E-state index is -2.93. The maximum absolute atomic E-state index is 15.1. The van der Waals surface area contributed by atoms with E-state index in [1.165, 1.54) is 29.2 Å². The molecule has 12 heteroatoms. The van der Waals surface area contributed by atoms with E-state index >= 15 is 4.39 Å². The molecule has 5 rings (SSSR count). The van der Waals surface area contributed by atoms with Gasteiger partial charge in [0.15, 0.2) is 0 Å². The van der Waals surface area contributed by atoms with Gasteiger partial charge >= 0.3 is 12.5 Å². The standard InChI is InChI=1S/C29H28F4N6O2/c30-22-8-10-23(11-9-22)38-16-14-37(15-17-38)13-12-34-29(40)39(24-4-2-1-3-5-24)19-21-7-6-20(18-25(21)31)27-35-36-28(41-27)26(32)33/h1-11,18,26H,12-17,19H2,(H,34,40). The van der Waals surface area contributed by atoms with Gasteiger partial charge in [0.1, 0.15) is 11.6 Å². The van der Waals surface area contributed by atoms with Crippen molar-refractivity contribution in [3.63, 3.8) is 0 Å². The smallest absolute Gasteiger partial charge is 0.322 e. The zero-order chi connectivity index (χ0) is 28.8. The molecule has 2 heterocycles. The number of anilines is 2. The third-order valence-electron chi connectivity index (χ3n) is 6.84. The number of hydrogen-bond acceptors (Lipinski definition) is 6. The summed E-state index contributed by atoms with van der Waals surface area (Å²) < 4.78 is 58.8. The van der Waals surface area contributed by atoms with E-state index in [1.54, 1.807) is 36.4 Å². The Morgan fingerprint density at radius 3 is 2.34 bits per heavy atom. The van der Waals surface area contributed by atoms with Gasteiger partial charge in [0.25, 0.3) is 5.89 Å². The summed E-state index contributed by atoms with van der Waals surface area (Å²) in [4.78, 5) is 19.1. The predicted molar refractivity (Wildman–Crippen MR) is 146 cm³/mol. The molecule has 0 radical (unpaired) electrons. The summed E-state index contributed by atoms with van der Waals surface area (Å²) in [6.45, 7) is 4.14. The molecule has 8 nitrogen and oxygen atoms in total. The van der Waals surface area contributed by atoms with E-state index in [-0.39, 0.29) is 35.4 Å². The van der Waals surface area contributed by atoms with Gasteiger partial charge in [-0.15, -0.1) is 10.2 Å². The number of piperazine rings is 1. The molecule has 41 heavy (non-hydrogen) atoms. The first-order chi connectivity index (χ1) is 19.9. The number of aromatic nitrogens is 2. The lowest BCUT2D eigenvalue weighted by Gasteiger charge is -2.36. The topological polar surface area (TPSA) is 77.7 Å². The monoisotopic (exact) mass is 568 g/mol. The van der Waals surface area contributed by atoms with E-state index in [4.69, 9.17) is 4.42 Å². The first-order valence-corrected chi connectivity index (χ1v) is 13.1. The van der Waals surface area contributed by atoms with Gasteiger partial charge < -0.3 is 14.6 Å². The largest absolute Gasteiger partial charge is 0.415 e. The molecule has 0 aliphatic carbocycles. The van der Waals surface area contributed by atoms with Crippen LogP contribution in [0.4, 0.5) is 33.7 Å². The SMILES string of the molecule is O=C(NCCN1CCN(c2ccc(F)cc2)CC1)N(Cc1ccc(-c2nnc(C(F)F)o2)cc1F)c1ccccc1. The normalized spacial score (nSPS) is 13.9. The van der Waals surface area contributed by atoms with Crippen LogP contribution in [-0.4, -0.2) is 60.4 Å². The maximum atomic E-state index is 15.1. The number of amides is 2. The highest BCUT2D eigenvalue weighted by atomic mass is 19.3. The number of hydrogen-bond donors (Lipinski definition) is 1. The molecule has 2 amide bonds. The van der Waals surface area contributed by atoms with Crippen molar-refractivity contribution in [1.29, 1.82) is 0 Å². The highest BCUT2D eigenvalue weighted by molar-refractivity contribution is 5.91. The summed E-state index contributed by atoms with van der Waals surface area (Å²) in [5, 5.41) is 9.75. The molecular formula is C29H28F4N6O2. The van der Waals surface area contributed by atoms with E-state index in [1.807, 2.05) is 6.07 Å². The zero-order valence-corrected chi connectivity index (χ0v) is 22.0. The Balaban J connectivity index is 1.19. The number of urea groups is 1. The fourth-order valence-corrected chi connectivity index (χ4v) is 4.60. The fourth-order valence-electron chi connectivity index (χ4n) is 4.60.